The van der Waals surface area contributed by atoms with Gasteiger partial charge in [0.15, 0.2) is 0 Å². The van der Waals surface area contributed by atoms with E-state index >= 15 is 0 Å². The maximum atomic E-state index is 14.3. The molecular formula is C35H52N4O6. The Bertz CT molecular complexity index is 1240. The number of aliphatic hydroxyl groups excluding tert-OH is 1. The Kier molecular flexibility index (Phi) is 14.3. The Morgan fingerprint density at radius 2 is 1.82 bits per heavy atom. The monoisotopic (exact) mass is 624 g/mol. The van der Waals surface area contributed by atoms with Crippen LogP contribution < -0.4 is 10.1 Å². The molecule has 2 aromatic carbocycles. The van der Waals surface area contributed by atoms with Crippen molar-refractivity contribution < 1.29 is 29.0 Å². The number of fused-ring (bicyclic) bond motifs is 1. The van der Waals surface area contributed by atoms with Crippen molar-refractivity contribution in [1.82, 2.24) is 14.7 Å². The summed E-state index contributed by atoms with van der Waals surface area (Å²) in [6.07, 6.45) is 3.06. The van der Waals surface area contributed by atoms with Crippen molar-refractivity contribution in [2.75, 3.05) is 59.3 Å². The molecule has 10 heteroatoms. The summed E-state index contributed by atoms with van der Waals surface area (Å²) in [5.41, 5.74) is 1.44. The maximum Gasteiger partial charge on any atom is 0.258 e. The summed E-state index contributed by atoms with van der Waals surface area (Å²) in [7, 11) is 5.70. The fraction of sp³-hybridized carbons (Fsp3) is 0.571. The van der Waals surface area contributed by atoms with Gasteiger partial charge >= 0.3 is 0 Å². The molecule has 0 bridgehead atoms. The quantitative estimate of drug-likeness (QED) is 0.400. The van der Waals surface area contributed by atoms with Gasteiger partial charge in [0.2, 0.25) is 5.91 Å². The molecule has 2 aromatic rings. The Labute approximate surface area is 268 Å². The molecule has 0 fully saturated rings. The van der Waals surface area contributed by atoms with Crippen LogP contribution in [0.25, 0.3) is 0 Å². The number of carbonyl (C=O) groups is 3. The van der Waals surface area contributed by atoms with Gasteiger partial charge in [-0.05, 0) is 90.5 Å². The van der Waals surface area contributed by atoms with Crippen LogP contribution in [0.4, 0.5) is 5.69 Å². The van der Waals surface area contributed by atoms with Crippen LogP contribution in [0.1, 0.15) is 73.6 Å². The first-order valence-electron chi connectivity index (χ1n) is 16.1. The Morgan fingerprint density at radius 1 is 1.09 bits per heavy atom. The lowest BCUT2D eigenvalue weighted by Crippen LogP contribution is -2.48. The molecule has 3 amide bonds. The van der Waals surface area contributed by atoms with Crippen LogP contribution in [0.3, 0.4) is 0 Å². The number of anilines is 1. The summed E-state index contributed by atoms with van der Waals surface area (Å²) in [6, 6.07) is 13.8. The second-order valence-electron chi connectivity index (χ2n) is 12.5. The van der Waals surface area contributed by atoms with E-state index in [1.165, 1.54) is 0 Å². The second-order valence-corrected chi connectivity index (χ2v) is 12.5. The summed E-state index contributed by atoms with van der Waals surface area (Å²) in [4.78, 5) is 45.4. The summed E-state index contributed by atoms with van der Waals surface area (Å²) in [5.74, 6) is -0.251. The van der Waals surface area contributed by atoms with Crippen LogP contribution in [0.2, 0.25) is 0 Å². The van der Waals surface area contributed by atoms with E-state index in [1.54, 1.807) is 54.1 Å². The predicted octanol–water partition coefficient (Wildman–Crippen LogP) is 4.53. The average molecular weight is 625 g/mol. The molecule has 10 nitrogen and oxygen atoms in total. The molecule has 1 aliphatic heterocycles. The van der Waals surface area contributed by atoms with Gasteiger partial charge in [-0.2, -0.15) is 0 Å². The van der Waals surface area contributed by atoms with Gasteiger partial charge in [0.05, 0.1) is 30.4 Å². The number of hydrogen-bond donors (Lipinski definition) is 2. The summed E-state index contributed by atoms with van der Waals surface area (Å²) >= 11 is 0. The van der Waals surface area contributed by atoms with Crippen molar-refractivity contribution >= 4 is 23.4 Å². The molecule has 1 aliphatic rings. The minimum absolute atomic E-state index is 0.0985. The number of nitrogens with one attached hydrogen (secondary N) is 1. The van der Waals surface area contributed by atoms with Crippen LogP contribution >= 0.6 is 0 Å². The van der Waals surface area contributed by atoms with E-state index in [9.17, 15) is 19.5 Å². The van der Waals surface area contributed by atoms with E-state index in [0.717, 1.165) is 32.2 Å². The highest BCUT2D eigenvalue weighted by Gasteiger charge is 2.31. The minimum atomic E-state index is -0.494. The lowest BCUT2D eigenvalue weighted by Gasteiger charge is -2.36. The number of carbonyl (C=O) groups excluding carboxylic acids is 3. The molecule has 0 unspecified atom stereocenters. The first-order chi connectivity index (χ1) is 21.5. The van der Waals surface area contributed by atoms with Gasteiger partial charge < -0.3 is 34.6 Å². The molecule has 0 aliphatic carbocycles. The zero-order valence-corrected chi connectivity index (χ0v) is 27.8. The van der Waals surface area contributed by atoms with Gasteiger partial charge in [-0.25, -0.2) is 0 Å². The van der Waals surface area contributed by atoms with Crippen LogP contribution in [0.5, 0.6) is 5.75 Å². The van der Waals surface area contributed by atoms with Crippen LogP contribution in [0, 0.1) is 5.92 Å². The Morgan fingerprint density at radius 3 is 2.51 bits per heavy atom. The third kappa shape index (κ3) is 11.1. The summed E-state index contributed by atoms with van der Waals surface area (Å²) in [6.45, 7) is 7.51. The van der Waals surface area contributed by atoms with E-state index in [0.29, 0.717) is 42.1 Å². The van der Waals surface area contributed by atoms with Gasteiger partial charge in [0.25, 0.3) is 11.8 Å². The molecule has 45 heavy (non-hydrogen) atoms. The third-order valence-electron chi connectivity index (χ3n) is 8.17. The first-order valence-corrected chi connectivity index (χ1v) is 16.1. The molecule has 2 N–H and O–H groups in total. The molecule has 0 spiro atoms. The Balaban J connectivity index is 1.89. The zero-order valence-electron chi connectivity index (χ0n) is 27.8. The number of ether oxygens (including phenoxy) is 2. The van der Waals surface area contributed by atoms with Crippen LogP contribution in [-0.4, -0.2) is 110 Å². The molecule has 3 rings (SSSR count). The average Bonchev–Trinajstić information content (AvgIpc) is 3.02. The molecule has 0 saturated carbocycles. The number of aliphatic hydroxyl groups is 1. The van der Waals surface area contributed by atoms with Crippen molar-refractivity contribution in [1.29, 1.82) is 0 Å². The van der Waals surface area contributed by atoms with Crippen molar-refractivity contribution in [2.45, 2.75) is 71.1 Å². The van der Waals surface area contributed by atoms with Gasteiger partial charge in [0.1, 0.15) is 5.75 Å². The minimum Gasteiger partial charge on any atom is -0.490 e. The lowest BCUT2D eigenvalue weighted by atomic mass is 10.0. The first kappa shape index (κ1) is 36.0. The molecular weight excluding hydrogens is 572 g/mol. The summed E-state index contributed by atoms with van der Waals surface area (Å²) in [5, 5.41) is 13.1. The highest BCUT2D eigenvalue weighted by atomic mass is 16.5. The van der Waals surface area contributed by atoms with Gasteiger partial charge in [-0.1, -0.05) is 25.1 Å². The molecule has 0 aromatic heterocycles. The van der Waals surface area contributed by atoms with Gasteiger partial charge in [-0.15, -0.1) is 0 Å². The fourth-order valence-corrected chi connectivity index (χ4v) is 5.40. The van der Waals surface area contributed by atoms with Gasteiger partial charge in [-0.3, -0.25) is 14.4 Å². The lowest BCUT2D eigenvalue weighted by molar-refractivity contribution is -0.116. The van der Waals surface area contributed by atoms with Crippen molar-refractivity contribution in [3.63, 3.8) is 0 Å². The molecule has 248 valence electrons. The smallest absolute Gasteiger partial charge is 0.258 e. The van der Waals surface area contributed by atoms with Crippen molar-refractivity contribution in [3.05, 3.63) is 59.7 Å². The second kappa shape index (κ2) is 17.9. The number of amides is 3. The topological polar surface area (TPSA) is 112 Å². The summed E-state index contributed by atoms with van der Waals surface area (Å²) < 4.78 is 12.7. The van der Waals surface area contributed by atoms with E-state index < -0.39 is 6.04 Å². The third-order valence-corrected chi connectivity index (χ3v) is 8.17. The zero-order chi connectivity index (χ0) is 32.9. The number of nitrogens with zero attached hydrogens (tertiary/aromatic N) is 3. The molecule has 0 radical (unpaired) electrons. The number of rotatable bonds is 10. The van der Waals surface area contributed by atoms with E-state index in [-0.39, 0.29) is 49.0 Å². The van der Waals surface area contributed by atoms with E-state index in [1.807, 2.05) is 51.0 Å². The van der Waals surface area contributed by atoms with Crippen LogP contribution in [-0.2, 0) is 9.53 Å². The number of likely N-dealkylation sites (N-methyl/N-ethyl adjacent to an activating group) is 1. The predicted molar refractivity (Wildman–Crippen MR) is 177 cm³/mol. The molecule has 4 atom stereocenters. The molecule has 0 saturated heterocycles. The van der Waals surface area contributed by atoms with Crippen LogP contribution in [0.15, 0.2) is 48.5 Å². The normalized spacial score (nSPS) is 20.5. The van der Waals surface area contributed by atoms with Crippen molar-refractivity contribution in [2.24, 2.45) is 5.92 Å². The van der Waals surface area contributed by atoms with E-state index in [4.69, 9.17) is 9.47 Å². The number of benzene rings is 2. The standard InChI is InChI=1S/C35H52N4O6/c1-25-22-39(26(2)24-40)35(43)30-21-29(36-33(41)16-12-19-37(4)5)17-18-31(30)45-27(3)13-10-11-20-44-32(25)23-38(6)34(42)28-14-8-7-9-15-28/h7-9,14-15,17-18,21,25-27,32,40H,10-13,16,19-20,22-24H2,1-6H3,(H,36,41)/t25-,26+,27-,32+/m1/s1. The SMILES string of the molecule is C[C@@H]1CCCCO[C@@H](CN(C)C(=O)c2ccccc2)[C@H](C)CN([C@@H](C)CO)C(=O)c2cc(NC(=O)CCCN(C)C)ccc2O1. The fourth-order valence-electron chi connectivity index (χ4n) is 5.40. The van der Waals surface area contributed by atoms with Crippen molar-refractivity contribution in [3.8, 4) is 5.75 Å². The largest absolute Gasteiger partial charge is 0.490 e. The highest BCUT2D eigenvalue weighted by molar-refractivity contribution is 5.99. The number of hydrogen-bond acceptors (Lipinski definition) is 7. The highest BCUT2D eigenvalue weighted by Crippen LogP contribution is 2.28. The Hall–Kier alpha value is -3.47. The molecule has 1 heterocycles. The van der Waals surface area contributed by atoms with E-state index in [2.05, 4.69) is 5.32 Å². The van der Waals surface area contributed by atoms with Gasteiger partial charge in [0, 0.05) is 50.3 Å². The maximum absolute atomic E-state index is 14.3.